The Morgan fingerprint density at radius 2 is 2.11 bits per heavy atom. The van der Waals surface area contributed by atoms with Crippen LogP contribution in [0.4, 0.5) is 4.39 Å². The van der Waals surface area contributed by atoms with Crippen molar-refractivity contribution in [3.05, 3.63) is 34.1 Å². The van der Waals surface area contributed by atoms with Gasteiger partial charge < -0.3 is 10.0 Å². The van der Waals surface area contributed by atoms with Crippen LogP contribution in [-0.2, 0) is 0 Å². The van der Waals surface area contributed by atoms with Gasteiger partial charge in [-0.25, -0.2) is 4.39 Å². The fraction of sp³-hybridized carbons (Fsp3) is 0.500. The van der Waals surface area contributed by atoms with Crippen molar-refractivity contribution in [1.29, 1.82) is 0 Å². The minimum atomic E-state index is -0.371. The van der Waals surface area contributed by atoms with Crippen LogP contribution in [0.3, 0.4) is 0 Å². The molecule has 1 fully saturated rings. The number of aliphatic hydroxyl groups is 1. The zero-order valence-corrected chi connectivity index (χ0v) is 12.4. The molecule has 104 valence electrons. The minimum absolute atomic E-state index is 0.0789. The van der Waals surface area contributed by atoms with Gasteiger partial charge in [0, 0.05) is 18.7 Å². The second-order valence-electron chi connectivity index (χ2n) is 5.00. The van der Waals surface area contributed by atoms with Gasteiger partial charge in [-0.2, -0.15) is 0 Å². The first kappa shape index (κ1) is 14.5. The summed E-state index contributed by atoms with van der Waals surface area (Å²) in [7, 11) is 0. The number of rotatable bonds is 2. The molecule has 0 aromatic heterocycles. The zero-order valence-electron chi connectivity index (χ0n) is 10.8. The largest absolute Gasteiger partial charge is 0.393 e. The average Bonchev–Trinajstić information content (AvgIpc) is 2.41. The third kappa shape index (κ3) is 3.34. The average molecular weight is 330 g/mol. The molecule has 1 unspecified atom stereocenters. The molecule has 1 N–H and O–H groups in total. The monoisotopic (exact) mass is 329 g/mol. The Kier molecular flexibility index (Phi) is 4.58. The van der Waals surface area contributed by atoms with Gasteiger partial charge >= 0.3 is 0 Å². The molecule has 0 spiro atoms. The summed E-state index contributed by atoms with van der Waals surface area (Å²) in [6, 6.07) is 4.31. The van der Waals surface area contributed by atoms with Crippen molar-refractivity contribution >= 4 is 21.8 Å². The molecule has 1 aromatic carbocycles. The Labute approximate surface area is 120 Å². The van der Waals surface area contributed by atoms with Crippen molar-refractivity contribution in [1.82, 2.24) is 4.90 Å². The predicted molar refractivity (Wildman–Crippen MR) is 74.4 cm³/mol. The molecular weight excluding hydrogens is 313 g/mol. The number of benzene rings is 1. The molecule has 2 rings (SSSR count). The van der Waals surface area contributed by atoms with E-state index in [9.17, 15) is 14.3 Å². The molecule has 1 amide bonds. The molecule has 1 aliphatic heterocycles. The minimum Gasteiger partial charge on any atom is -0.393 e. The molecule has 1 atom stereocenters. The standard InChI is InChI=1S/C14H17BrFNO2/c1-9(18)10-4-6-17(7-5-10)14(19)11-2-3-13(16)12(15)8-11/h2-3,8-10,18H,4-7H2,1H3. The van der Waals surface area contributed by atoms with Gasteiger partial charge in [-0.15, -0.1) is 0 Å². The van der Waals surface area contributed by atoms with Crippen LogP contribution >= 0.6 is 15.9 Å². The van der Waals surface area contributed by atoms with Crippen LogP contribution in [-0.4, -0.2) is 35.1 Å². The summed E-state index contributed by atoms with van der Waals surface area (Å²) < 4.78 is 13.4. The maximum absolute atomic E-state index is 13.1. The molecule has 0 saturated carbocycles. The maximum Gasteiger partial charge on any atom is 0.253 e. The van der Waals surface area contributed by atoms with Gasteiger partial charge in [-0.05, 0) is 59.8 Å². The van der Waals surface area contributed by atoms with E-state index in [0.717, 1.165) is 12.8 Å². The van der Waals surface area contributed by atoms with E-state index in [1.54, 1.807) is 11.8 Å². The van der Waals surface area contributed by atoms with Gasteiger partial charge in [-0.3, -0.25) is 4.79 Å². The van der Waals surface area contributed by atoms with E-state index in [1.807, 2.05) is 0 Å². The normalized spacial score (nSPS) is 18.4. The quantitative estimate of drug-likeness (QED) is 0.906. The highest BCUT2D eigenvalue weighted by Gasteiger charge is 2.26. The molecule has 1 heterocycles. The van der Waals surface area contributed by atoms with E-state index in [1.165, 1.54) is 18.2 Å². The van der Waals surface area contributed by atoms with Crippen molar-refractivity contribution in [2.24, 2.45) is 5.92 Å². The molecule has 3 nitrogen and oxygen atoms in total. The van der Waals surface area contributed by atoms with Crippen LogP contribution < -0.4 is 0 Å². The van der Waals surface area contributed by atoms with Crippen molar-refractivity contribution in [2.45, 2.75) is 25.9 Å². The Morgan fingerprint density at radius 1 is 1.47 bits per heavy atom. The Hall–Kier alpha value is -0.940. The number of halogens is 2. The molecule has 1 aromatic rings. The van der Waals surface area contributed by atoms with E-state index in [4.69, 9.17) is 0 Å². The number of carbonyl (C=O) groups excluding carboxylic acids is 1. The van der Waals surface area contributed by atoms with Crippen molar-refractivity contribution in [3.8, 4) is 0 Å². The van der Waals surface area contributed by atoms with E-state index in [-0.39, 0.29) is 23.7 Å². The summed E-state index contributed by atoms with van der Waals surface area (Å²) in [5.41, 5.74) is 0.490. The lowest BCUT2D eigenvalue weighted by Crippen LogP contribution is -2.40. The highest BCUT2D eigenvalue weighted by atomic mass is 79.9. The summed E-state index contributed by atoms with van der Waals surface area (Å²) in [6.45, 7) is 3.08. The van der Waals surface area contributed by atoms with Gasteiger partial charge in [0.2, 0.25) is 0 Å². The van der Waals surface area contributed by atoms with Gasteiger partial charge in [-0.1, -0.05) is 0 Å². The SMILES string of the molecule is CC(O)C1CCN(C(=O)c2ccc(F)c(Br)c2)CC1. The van der Waals surface area contributed by atoms with E-state index < -0.39 is 0 Å². The summed E-state index contributed by atoms with van der Waals surface area (Å²) >= 11 is 3.09. The van der Waals surface area contributed by atoms with Gasteiger partial charge in [0.1, 0.15) is 5.82 Å². The van der Waals surface area contributed by atoms with Crippen LogP contribution in [0.25, 0.3) is 0 Å². The Morgan fingerprint density at radius 3 is 2.63 bits per heavy atom. The number of nitrogens with zero attached hydrogens (tertiary/aromatic N) is 1. The van der Waals surface area contributed by atoms with Crippen LogP contribution in [0.1, 0.15) is 30.1 Å². The molecule has 1 aliphatic rings. The first-order valence-corrected chi connectivity index (χ1v) is 7.20. The van der Waals surface area contributed by atoms with Crippen molar-refractivity contribution in [3.63, 3.8) is 0 Å². The summed E-state index contributed by atoms with van der Waals surface area (Å²) in [4.78, 5) is 14.0. The topological polar surface area (TPSA) is 40.5 Å². The molecule has 0 aliphatic carbocycles. The molecule has 1 saturated heterocycles. The summed E-state index contributed by atoms with van der Waals surface area (Å²) in [5.74, 6) is -0.182. The lowest BCUT2D eigenvalue weighted by molar-refractivity contribution is 0.0521. The lowest BCUT2D eigenvalue weighted by Gasteiger charge is -2.33. The second-order valence-corrected chi connectivity index (χ2v) is 5.85. The number of aliphatic hydroxyl groups excluding tert-OH is 1. The third-order valence-corrected chi connectivity index (χ3v) is 4.28. The van der Waals surface area contributed by atoms with E-state index in [2.05, 4.69) is 15.9 Å². The van der Waals surface area contributed by atoms with E-state index >= 15 is 0 Å². The first-order valence-electron chi connectivity index (χ1n) is 6.41. The zero-order chi connectivity index (χ0) is 14.0. The highest BCUT2D eigenvalue weighted by molar-refractivity contribution is 9.10. The molecule has 0 radical (unpaired) electrons. The first-order chi connectivity index (χ1) is 8.99. The van der Waals surface area contributed by atoms with Crippen molar-refractivity contribution in [2.75, 3.05) is 13.1 Å². The van der Waals surface area contributed by atoms with Crippen LogP contribution in [0, 0.1) is 11.7 Å². The summed E-state index contributed by atoms with van der Waals surface area (Å²) in [6.07, 6.45) is 1.30. The second kappa shape index (κ2) is 6.01. The van der Waals surface area contributed by atoms with Gasteiger partial charge in [0.15, 0.2) is 0 Å². The van der Waals surface area contributed by atoms with Crippen molar-refractivity contribution < 1.29 is 14.3 Å². The Balaban J connectivity index is 2.03. The number of hydrogen-bond acceptors (Lipinski definition) is 2. The molecule has 0 bridgehead atoms. The third-order valence-electron chi connectivity index (χ3n) is 3.68. The molecular formula is C14H17BrFNO2. The smallest absolute Gasteiger partial charge is 0.253 e. The van der Waals surface area contributed by atoms with Gasteiger partial charge in [0.05, 0.1) is 10.6 Å². The number of carbonyl (C=O) groups is 1. The van der Waals surface area contributed by atoms with E-state index in [0.29, 0.717) is 23.1 Å². The molecule has 5 heteroatoms. The van der Waals surface area contributed by atoms with Crippen LogP contribution in [0.2, 0.25) is 0 Å². The fourth-order valence-electron chi connectivity index (χ4n) is 2.40. The fourth-order valence-corrected chi connectivity index (χ4v) is 2.78. The maximum atomic E-state index is 13.1. The lowest BCUT2D eigenvalue weighted by atomic mass is 9.92. The number of piperidine rings is 1. The van der Waals surface area contributed by atoms with Gasteiger partial charge in [0.25, 0.3) is 5.91 Å². The summed E-state index contributed by atoms with van der Waals surface area (Å²) in [5, 5.41) is 9.53. The number of amides is 1. The van der Waals surface area contributed by atoms with Crippen LogP contribution in [0.15, 0.2) is 22.7 Å². The highest BCUT2D eigenvalue weighted by Crippen LogP contribution is 2.23. The van der Waals surface area contributed by atoms with Crippen LogP contribution in [0.5, 0.6) is 0 Å². The predicted octanol–water partition coefficient (Wildman–Crippen LogP) is 2.82. The Bertz CT molecular complexity index is 471. The number of likely N-dealkylation sites (tertiary alicyclic amines) is 1. The molecule has 19 heavy (non-hydrogen) atoms. The number of hydrogen-bond donors (Lipinski definition) is 1.